The summed E-state index contributed by atoms with van der Waals surface area (Å²) in [5, 5.41) is 4.45. The lowest BCUT2D eigenvalue weighted by molar-refractivity contribution is 0.204. The van der Waals surface area contributed by atoms with E-state index in [-0.39, 0.29) is 18.5 Å². The molecule has 0 amide bonds. The molecule has 0 radical (unpaired) electrons. The van der Waals surface area contributed by atoms with Gasteiger partial charge in [-0.25, -0.2) is 4.39 Å². The molecule has 0 saturated carbocycles. The summed E-state index contributed by atoms with van der Waals surface area (Å²) in [6.45, 7) is 0.225. The maximum atomic E-state index is 14.1. The van der Waals surface area contributed by atoms with Crippen molar-refractivity contribution in [2.24, 2.45) is 5.11 Å². The molecule has 2 aromatic carbocycles. The van der Waals surface area contributed by atoms with Crippen LogP contribution in [0.3, 0.4) is 0 Å². The lowest BCUT2D eigenvalue weighted by Crippen LogP contribution is -2.19. The van der Waals surface area contributed by atoms with Crippen LogP contribution in [0.15, 0.2) is 35.4 Å². The monoisotopic (exact) mass is 365 g/mol. The summed E-state index contributed by atoms with van der Waals surface area (Å²) in [6, 6.07) is 7.99. The molecule has 1 atom stereocenters. The second-order valence-electron chi connectivity index (χ2n) is 5.58. The highest BCUT2D eigenvalue weighted by atomic mass is 35.5. The van der Waals surface area contributed by atoms with E-state index in [1.165, 1.54) is 12.1 Å². The van der Waals surface area contributed by atoms with E-state index in [1.807, 2.05) is 0 Å². The predicted molar refractivity (Wildman–Crippen MR) is 93.2 cm³/mol. The van der Waals surface area contributed by atoms with E-state index in [4.69, 9.17) is 33.5 Å². The van der Waals surface area contributed by atoms with Crippen molar-refractivity contribution in [3.05, 3.63) is 62.2 Å². The minimum absolute atomic E-state index is 0.225. The first-order chi connectivity index (χ1) is 11.6. The predicted octanol–water partition coefficient (Wildman–Crippen LogP) is 6.19. The molecule has 24 heavy (non-hydrogen) atoms. The lowest BCUT2D eigenvalue weighted by atomic mass is 9.98. The fourth-order valence-electron chi connectivity index (χ4n) is 2.92. The molecule has 0 bridgehead atoms. The van der Waals surface area contributed by atoms with Crippen LogP contribution in [0.25, 0.3) is 21.6 Å². The van der Waals surface area contributed by atoms with Crippen molar-refractivity contribution in [1.29, 1.82) is 0 Å². The zero-order valence-electron chi connectivity index (χ0n) is 12.7. The smallest absolute Gasteiger partial charge is 0.131 e. The highest BCUT2D eigenvalue weighted by Crippen LogP contribution is 2.43. The Morgan fingerprint density at radius 1 is 1.29 bits per heavy atom. The Balaban J connectivity index is 2.14. The Kier molecular flexibility index (Phi) is 5.14. The molecule has 0 spiro atoms. The van der Waals surface area contributed by atoms with Gasteiger partial charge in [0.05, 0.1) is 16.6 Å². The fourth-order valence-corrected chi connectivity index (χ4v) is 3.52. The third-order valence-corrected chi connectivity index (χ3v) is 4.60. The summed E-state index contributed by atoms with van der Waals surface area (Å²) in [6.07, 6.45) is 1.96. The van der Waals surface area contributed by atoms with Crippen LogP contribution >= 0.6 is 23.2 Å². The van der Waals surface area contributed by atoms with Gasteiger partial charge in [-0.2, -0.15) is 0 Å². The molecule has 2 aromatic rings. The van der Waals surface area contributed by atoms with Gasteiger partial charge in [0.15, 0.2) is 0 Å². The Labute approximate surface area is 148 Å². The van der Waals surface area contributed by atoms with Crippen molar-refractivity contribution in [1.82, 2.24) is 0 Å². The standard InChI is InChI=1S/C17H14Cl2FN3O/c18-14-5-2-6-15(19)16(14)13-8-11(20)7-10-3-1-4-12(9-22-23-21)24-17(10)13/h2,5-8,12H,1,3-4,9H2. The first-order valence-electron chi connectivity index (χ1n) is 7.54. The molecule has 4 nitrogen and oxygen atoms in total. The lowest BCUT2D eigenvalue weighted by Gasteiger charge is -2.20. The van der Waals surface area contributed by atoms with E-state index >= 15 is 0 Å². The second-order valence-corrected chi connectivity index (χ2v) is 6.40. The quantitative estimate of drug-likeness (QED) is 0.363. The van der Waals surface area contributed by atoms with Crippen LogP contribution in [0, 0.1) is 5.82 Å². The minimum atomic E-state index is -0.364. The summed E-state index contributed by atoms with van der Waals surface area (Å²) in [7, 11) is 0. The summed E-state index contributed by atoms with van der Waals surface area (Å²) in [4.78, 5) is 2.78. The number of fused-ring (bicyclic) bond motifs is 1. The van der Waals surface area contributed by atoms with Gasteiger partial charge in [0, 0.05) is 16.0 Å². The van der Waals surface area contributed by atoms with Crippen molar-refractivity contribution in [2.45, 2.75) is 25.4 Å². The normalized spacial score (nSPS) is 16.5. The molecule has 7 heteroatoms. The Morgan fingerprint density at radius 3 is 2.75 bits per heavy atom. The zero-order valence-corrected chi connectivity index (χ0v) is 14.2. The summed E-state index contributed by atoms with van der Waals surface area (Å²) < 4.78 is 20.2. The van der Waals surface area contributed by atoms with Crippen LogP contribution in [0.4, 0.5) is 4.39 Å². The van der Waals surface area contributed by atoms with E-state index in [1.54, 1.807) is 18.2 Å². The van der Waals surface area contributed by atoms with Gasteiger partial charge in [-0.3, -0.25) is 0 Å². The average molecular weight is 366 g/mol. The van der Waals surface area contributed by atoms with Gasteiger partial charge in [0.2, 0.25) is 0 Å². The molecule has 1 aliphatic rings. The Morgan fingerprint density at radius 2 is 2.04 bits per heavy atom. The van der Waals surface area contributed by atoms with Crippen LogP contribution in [-0.4, -0.2) is 12.6 Å². The first-order valence-corrected chi connectivity index (χ1v) is 8.30. The van der Waals surface area contributed by atoms with Gasteiger partial charge in [-0.05, 0) is 54.6 Å². The molecule has 1 heterocycles. The third-order valence-electron chi connectivity index (χ3n) is 3.97. The van der Waals surface area contributed by atoms with Gasteiger partial charge < -0.3 is 4.74 Å². The van der Waals surface area contributed by atoms with E-state index in [9.17, 15) is 4.39 Å². The number of nitrogens with zero attached hydrogens (tertiary/aromatic N) is 3. The molecule has 0 aromatic heterocycles. The first kappa shape index (κ1) is 16.9. The highest BCUT2D eigenvalue weighted by Gasteiger charge is 2.24. The SMILES string of the molecule is [N-]=[N+]=NCC1CCCc2cc(F)cc(-c3c(Cl)cccc3Cl)c2O1. The molecular formula is C17H14Cl2FN3O. The number of rotatable bonds is 3. The number of ether oxygens (including phenoxy) is 1. The largest absolute Gasteiger partial charge is 0.489 e. The molecule has 0 N–H and O–H groups in total. The number of benzene rings is 2. The molecule has 3 rings (SSSR count). The van der Waals surface area contributed by atoms with Gasteiger partial charge in [-0.15, -0.1) is 0 Å². The summed E-state index contributed by atoms with van der Waals surface area (Å²) >= 11 is 12.6. The van der Waals surface area contributed by atoms with Crippen molar-refractivity contribution >= 4 is 23.2 Å². The van der Waals surface area contributed by atoms with Gasteiger partial charge in [0.1, 0.15) is 17.7 Å². The third kappa shape index (κ3) is 3.44. The topological polar surface area (TPSA) is 58.0 Å². The zero-order chi connectivity index (χ0) is 17.1. The van der Waals surface area contributed by atoms with Crippen LogP contribution in [0.1, 0.15) is 18.4 Å². The fraction of sp³-hybridized carbons (Fsp3) is 0.294. The van der Waals surface area contributed by atoms with E-state index in [2.05, 4.69) is 10.0 Å². The van der Waals surface area contributed by atoms with Gasteiger partial charge in [0.25, 0.3) is 0 Å². The maximum absolute atomic E-state index is 14.1. The second kappa shape index (κ2) is 7.31. The molecule has 0 saturated heterocycles. The highest BCUT2D eigenvalue weighted by molar-refractivity contribution is 6.39. The number of halogens is 3. The molecule has 124 valence electrons. The number of hydrogen-bond donors (Lipinski definition) is 0. The number of azide groups is 1. The van der Waals surface area contributed by atoms with Crippen LogP contribution in [-0.2, 0) is 6.42 Å². The molecule has 0 aliphatic carbocycles. The van der Waals surface area contributed by atoms with Crippen LogP contribution < -0.4 is 4.74 Å². The minimum Gasteiger partial charge on any atom is -0.489 e. The maximum Gasteiger partial charge on any atom is 0.131 e. The molecular weight excluding hydrogens is 352 g/mol. The van der Waals surface area contributed by atoms with E-state index < -0.39 is 0 Å². The van der Waals surface area contributed by atoms with Crippen molar-refractivity contribution in [2.75, 3.05) is 6.54 Å². The summed E-state index contributed by atoms with van der Waals surface area (Å²) in [5.74, 6) is 0.193. The van der Waals surface area contributed by atoms with Gasteiger partial charge in [-0.1, -0.05) is 34.4 Å². The van der Waals surface area contributed by atoms with Crippen molar-refractivity contribution in [3.63, 3.8) is 0 Å². The molecule has 1 unspecified atom stereocenters. The van der Waals surface area contributed by atoms with E-state index in [0.717, 1.165) is 18.4 Å². The van der Waals surface area contributed by atoms with Crippen LogP contribution in [0.2, 0.25) is 10.0 Å². The molecule has 0 fully saturated rings. The Hall–Kier alpha value is -1.94. The van der Waals surface area contributed by atoms with E-state index in [0.29, 0.717) is 33.3 Å². The van der Waals surface area contributed by atoms with Crippen molar-refractivity contribution in [3.8, 4) is 16.9 Å². The number of aryl methyl sites for hydroxylation is 1. The van der Waals surface area contributed by atoms with Crippen molar-refractivity contribution < 1.29 is 9.13 Å². The Bertz CT molecular complexity index is 801. The molecule has 1 aliphatic heterocycles. The average Bonchev–Trinajstić information content (AvgIpc) is 2.74. The van der Waals surface area contributed by atoms with Gasteiger partial charge >= 0.3 is 0 Å². The number of hydrogen-bond acceptors (Lipinski definition) is 2. The van der Waals surface area contributed by atoms with Crippen LogP contribution in [0.5, 0.6) is 5.75 Å². The summed E-state index contributed by atoms with van der Waals surface area (Å²) in [5.41, 5.74) is 10.4.